The van der Waals surface area contributed by atoms with Gasteiger partial charge in [0.15, 0.2) is 0 Å². The SMILES string of the molecule is CCC[C@@H](O)[C@@H](N)c1ccc(O)cc1OC.Cl. The molecule has 0 radical (unpaired) electrons. The molecule has 0 aliphatic rings. The van der Waals surface area contributed by atoms with Gasteiger partial charge in [-0.15, -0.1) is 12.4 Å². The van der Waals surface area contributed by atoms with Crippen LogP contribution in [0.1, 0.15) is 31.4 Å². The Morgan fingerprint density at radius 2 is 2.06 bits per heavy atom. The van der Waals surface area contributed by atoms with Crippen LogP contribution in [0.25, 0.3) is 0 Å². The second-order valence-electron chi connectivity index (χ2n) is 3.81. The van der Waals surface area contributed by atoms with Gasteiger partial charge in [0.25, 0.3) is 0 Å². The predicted molar refractivity (Wildman–Crippen MR) is 69.8 cm³/mol. The molecule has 0 aliphatic heterocycles. The van der Waals surface area contributed by atoms with Gasteiger partial charge in [0.1, 0.15) is 11.5 Å². The van der Waals surface area contributed by atoms with Gasteiger partial charge in [0.2, 0.25) is 0 Å². The van der Waals surface area contributed by atoms with E-state index < -0.39 is 12.1 Å². The first-order valence-electron chi connectivity index (χ1n) is 5.40. The first kappa shape index (κ1) is 16.0. The molecule has 17 heavy (non-hydrogen) atoms. The van der Waals surface area contributed by atoms with Crippen LogP contribution in [0.15, 0.2) is 18.2 Å². The normalized spacial score (nSPS) is 13.6. The second kappa shape index (κ2) is 7.37. The Bertz CT molecular complexity index is 347. The lowest BCUT2D eigenvalue weighted by molar-refractivity contribution is 0.133. The fourth-order valence-corrected chi connectivity index (χ4v) is 1.66. The van der Waals surface area contributed by atoms with Gasteiger partial charge in [-0.2, -0.15) is 0 Å². The lowest BCUT2D eigenvalue weighted by Gasteiger charge is -2.20. The Labute approximate surface area is 108 Å². The third-order valence-electron chi connectivity index (χ3n) is 2.58. The summed E-state index contributed by atoms with van der Waals surface area (Å²) in [6, 6.07) is 4.22. The van der Waals surface area contributed by atoms with Gasteiger partial charge in [-0.05, 0) is 18.6 Å². The molecule has 98 valence electrons. The number of aliphatic hydroxyl groups is 1. The first-order chi connectivity index (χ1) is 7.60. The molecule has 0 aliphatic carbocycles. The fraction of sp³-hybridized carbons (Fsp3) is 0.500. The lowest BCUT2D eigenvalue weighted by atomic mass is 9.98. The van der Waals surface area contributed by atoms with Crippen LogP contribution in [0.2, 0.25) is 0 Å². The Balaban J connectivity index is 0.00000256. The number of nitrogens with two attached hydrogens (primary N) is 1. The van der Waals surface area contributed by atoms with Crippen LogP contribution >= 0.6 is 12.4 Å². The average Bonchev–Trinajstić information content (AvgIpc) is 2.28. The van der Waals surface area contributed by atoms with Crippen molar-refractivity contribution in [2.24, 2.45) is 5.73 Å². The number of benzene rings is 1. The van der Waals surface area contributed by atoms with E-state index in [-0.39, 0.29) is 18.2 Å². The van der Waals surface area contributed by atoms with Crippen molar-refractivity contribution in [1.29, 1.82) is 0 Å². The Morgan fingerprint density at radius 3 is 2.59 bits per heavy atom. The van der Waals surface area contributed by atoms with E-state index in [4.69, 9.17) is 10.5 Å². The maximum absolute atomic E-state index is 9.82. The molecule has 0 unspecified atom stereocenters. The molecule has 1 aromatic rings. The maximum Gasteiger partial charge on any atom is 0.127 e. The van der Waals surface area contributed by atoms with Crippen LogP contribution in [0.3, 0.4) is 0 Å². The molecule has 2 atom stereocenters. The minimum atomic E-state index is -0.594. The van der Waals surface area contributed by atoms with Crippen molar-refractivity contribution < 1.29 is 14.9 Å². The summed E-state index contributed by atoms with van der Waals surface area (Å²) in [5, 5.41) is 19.1. The zero-order chi connectivity index (χ0) is 12.1. The molecule has 0 saturated carbocycles. The van der Waals surface area contributed by atoms with Gasteiger partial charge >= 0.3 is 0 Å². The first-order valence-corrected chi connectivity index (χ1v) is 5.40. The van der Waals surface area contributed by atoms with E-state index >= 15 is 0 Å². The minimum Gasteiger partial charge on any atom is -0.508 e. The van der Waals surface area contributed by atoms with Crippen LogP contribution in [-0.4, -0.2) is 23.4 Å². The molecule has 0 saturated heterocycles. The van der Waals surface area contributed by atoms with Gasteiger partial charge in [0, 0.05) is 11.6 Å². The van der Waals surface area contributed by atoms with Crippen molar-refractivity contribution in [3.8, 4) is 11.5 Å². The molecule has 4 N–H and O–H groups in total. The Hall–Kier alpha value is -0.970. The summed E-state index contributed by atoms with van der Waals surface area (Å²) in [6.45, 7) is 1.99. The molecular formula is C12H20ClNO3. The molecule has 0 heterocycles. The number of aliphatic hydroxyl groups excluding tert-OH is 1. The highest BCUT2D eigenvalue weighted by Crippen LogP contribution is 2.30. The highest BCUT2D eigenvalue weighted by Gasteiger charge is 2.19. The van der Waals surface area contributed by atoms with Crippen molar-refractivity contribution in [1.82, 2.24) is 0 Å². The topological polar surface area (TPSA) is 75.7 Å². The number of hydrogen-bond donors (Lipinski definition) is 3. The number of aromatic hydroxyl groups is 1. The van der Waals surface area contributed by atoms with Crippen molar-refractivity contribution >= 4 is 12.4 Å². The summed E-state index contributed by atoms with van der Waals surface area (Å²) in [5.74, 6) is 0.625. The molecule has 4 nitrogen and oxygen atoms in total. The standard InChI is InChI=1S/C12H19NO3.ClH/c1-3-4-10(15)12(13)9-6-5-8(14)7-11(9)16-2;/h5-7,10,12,14-15H,3-4,13H2,1-2H3;1H/t10-,12+;/m1./s1. The second-order valence-corrected chi connectivity index (χ2v) is 3.81. The zero-order valence-electron chi connectivity index (χ0n) is 10.1. The predicted octanol–water partition coefficient (Wildman–Crippen LogP) is 1.98. The number of hydrogen-bond acceptors (Lipinski definition) is 4. The quantitative estimate of drug-likeness (QED) is 0.758. The van der Waals surface area contributed by atoms with Crippen molar-refractivity contribution in [2.45, 2.75) is 31.9 Å². The summed E-state index contributed by atoms with van der Waals surface area (Å²) in [7, 11) is 1.51. The van der Waals surface area contributed by atoms with E-state index in [2.05, 4.69) is 0 Å². The third-order valence-corrected chi connectivity index (χ3v) is 2.58. The van der Waals surface area contributed by atoms with Gasteiger partial charge < -0.3 is 20.7 Å². The number of rotatable bonds is 5. The van der Waals surface area contributed by atoms with Crippen LogP contribution < -0.4 is 10.5 Å². The smallest absolute Gasteiger partial charge is 0.127 e. The van der Waals surface area contributed by atoms with Gasteiger partial charge in [0.05, 0.1) is 19.3 Å². The van der Waals surface area contributed by atoms with Crippen LogP contribution in [0, 0.1) is 0 Å². The summed E-state index contributed by atoms with van der Waals surface area (Å²) in [6.07, 6.45) is 0.920. The highest BCUT2D eigenvalue weighted by atomic mass is 35.5. The van der Waals surface area contributed by atoms with E-state index in [9.17, 15) is 10.2 Å². The lowest BCUT2D eigenvalue weighted by Crippen LogP contribution is -2.26. The monoisotopic (exact) mass is 261 g/mol. The van der Waals surface area contributed by atoms with E-state index in [0.29, 0.717) is 17.7 Å². The Kier molecular flexibility index (Phi) is 6.95. The summed E-state index contributed by atoms with van der Waals surface area (Å²) < 4.78 is 5.12. The molecular weight excluding hydrogens is 242 g/mol. The van der Waals surface area contributed by atoms with Crippen LogP contribution in [0.4, 0.5) is 0 Å². The maximum atomic E-state index is 9.82. The molecule has 0 amide bonds. The van der Waals surface area contributed by atoms with Crippen LogP contribution in [0.5, 0.6) is 11.5 Å². The van der Waals surface area contributed by atoms with Gasteiger partial charge in [-0.1, -0.05) is 13.3 Å². The highest BCUT2D eigenvalue weighted by molar-refractivity contribution is 5.85. The van der Waals surface area contributed by atoms with E-state index in [1.807, 2.05) is 6.92 Å². The number of methoxy groups -OCH3 is 1. The van der Waals surface area contributed by atoms with E-state index in [0.717, 1.165) is 6.42 Å². The minimum absolute atomic E-state index is 0. The van der Waals surface area contributed by atoms with E-state index in [1.165, 1.54) is 19.2 Å². The van der Waals surface area contributed by atoms with Crippen molar-refractivity contribution in [3.63, 3.8) is 0 Å². The fourth-order valence-electron chi connectivity index (χ4n) is 1.66. The largest absolute Gasteiger partial charge is 0.508 e. The Morgan fingerprint density at radius 1 is 1.41 bits per heavy atom. The molecule has 1 aromatic carbocycles. The number of phenols is 1. The summed E-state index contributed by atoms with van der Waals surface area (Å²) in [4.78, 5) is 0. The summed E-state index contributed by atoms with van der Waals surface area (Å²) in [5.41, 5.74) is 6.65. The third kappa shape index (κ3) is 4.07. The molecule has 0 fully saturated rings. The number of ether oxygens (including phenoxy) is 1. The zero-order valence-corrected chi connectivity index (χ0v) is 10.9. The van der Waals surface area contributed by atoms with Crippen LogP contribution in [-0.2, 0) is 0 Å². The van der Waals surface area contributed by atoms with Gasteiger partial charge in [-0.3, -0.25) is 0 Å². The van der Waals surface area contributed by atoms with Crippen molar-refractivity contribution in [2.75, 3.05) is 7.11 Å². The van der Waals surface area contributed by atoms with Gasteiger partial charge in [-0.25, -0.2) is 0 Å². The van der Waals surface area contributed by atoms with Crippen molar-refractivity contribution in [3.05, 3.63) is 23.8 Å². The summed E-state index contributed by atoms with van der Waals surface area (Å²) >= 11 is 0. The molecule has 1 rings (SSSR count). The molecule has 0 aromatic heterocycles. The van der Waals surface area contributed by atoms with E-state index in [1.54, 1.807) is 6.07 Å². The average molecular weight is 262 g/mol. The number of halogens is 1. The number of phenolic OH excluding ortho intramolecular Hbond substituents is 1. The molecule has 0 bridgehead atoms. The molecule has 0 spiro atoms. The molecule has 5 heteroatoms.